The Morgan fingerprint density at radius 1 is 1.05 bits per heavy atom. The molecule has 0 spiro atoms. The molecule has 1 aromatic carbocycles. The maximum Gasteiger partial charge on any atom is 0.416 e. The van der Waals surface area contributed by atoms with Crippen LogP contribution < -0.4 is 5.32 Å². The van der Waals surface area contributed by atoms with Gasteiger partial charge >= 0.3 is 6.18 Å². The van der Waals surface area contributed by atoms with Gasteiger partial charge in [-0.1, -0.05) is 59.6 Å². The Hall–Kier alpha value is -1.87. The lowest BCUT2D eigenvalue weighted by molar-refractivity contribution is -0.137. The summed E-state index contributed by atoms with van der Waals surface area (Å²) in [5.74, 6) is 0.0790. The van der Waals surface area contributed by atoms with Gasteiger partial charge < -0.3 is 14.8 Å². The smallest absolute Gasteiger partial charge is 0.410 e. The first-order valence-corrected chi connectivity index (χ1v) is 19.1. The first-order chi connectivity index (χ1) is 19.5. The van der Waals surface area contributed by atoms with Crippen LogP contribution in [-0.4, -0.2) is 19.5 Å². The lowest BCUT2D eigenvalue weighted by Gasteiger charge is -2.49. The number of halogens is 3. The fourth-order valence-corrected chi connectivity index (χ4v) is 8.78. The number of rotatable bonds is 6. The number of hydrogen-bond acceptors (Lipinski definition) is 4. The molecule has 1 unspecified atom stereocenters. The number of dihydropyridines is 1. The molecule has 230 valence electrons. The van der Waals surface area contributed by atoms with Crippen molar-refractivity contribution >= 4 is 19.7 Å². The SMILES string of the molecule is CC1(C)CC2=C(C(c3ccsc3)C([C@H](O)c3ccc(C(F)(F)F)cc3)=C(C3CCCC3)N2)[C@@H](O[Si](C)(C)C(C)(C)C)C1. The molecule has 3 aliphatic rings. The van der Waals surface area contributed by atoms with E-state index >= 15 is 0 Å². The highest BCUT2D eigenvalue weighted by molar-refractivity contribution is 7.08. The summed E-state index contributed by atoms with van der Waals surface area (Å²) in [6.45, 7) is 16.0. The molecule has 2 N–H and O–H groups in total. The summed E-state index contributed by atoms with van der Waals surface area (Å²) < 4.78 is 47.4. The molecule has 1 aromatic heterocycles. The molecule has 2 aromatic rings. The van der Waals surface area contributed by atoms with E-state index < -0.39 is 26.2 Å². The normalized spacial score (nSPS) is 24.5. The van der Waals surface area contributed by atoms with Crippen molar-refractivity contribution < 1.29 is 22.7 Å². The van der Waals surface area contributed by atoms with E-state index in [1.54, 1.807) is 11.3 Å². The Balaban J connectivity index is 1.68. The van der Waals surface area contributed by atoms with E-state index in [0.717, 1.165) is 67.5 Å². The summed E-state index contributed by atoms with van der Waals surface area (Å²) in [5, 5.41) is 20.3. The lowest BCUT2D eigenvalue weighted by Crippen LogP contribution is -2.49. The van der Waals surface area contributed by atoms with Crippen molar-refractivity contribution in [3.8, 4) is 0 Å². The molecule has 3 nitrogen and oxygen atoms in total. The monoisotopic (exact) mass is 617 g/mol. The van der Waals surface area contributed by atoms with Crippen LogP contribution >= 0.6 is 11.3 Å². The van der Waals surface area contributed by atoms with Gasteiger partial charge in [0.2, 0.25) is 0 Å². The first-order valence-electron chi connectivity index (χ1n) is 15.3. The summed E-state index contributed by atoms with van der Waals surface area (Å²) in [6.07, 6.45) is 0.527. The summed E-state index contributed by atoms with van der Waals surface area (Å²) in [6, 6.07) is 7.19. The van der Waals surface area contributed by atoms with Crippen LogP contribution in [0, 0.1) is 11.3 Å². The van der Waals surface area contributed by atoms with Gasteiger partial charge in [-0.2, -0.15) is 24.5 Å². The van der Waals surface area contributed by atoms with Crippen LogP contribution in [0.3, 0.4) is 0 Å². The second-order valence-electron chi connectivity index (χ2n) is 14.8. The van der Waals surface area contributed by atoms with Crippen LogP contribution in [0.5, 0.6) is 0 Å². The maximum absolute atomic E-state index is 13.4. The standard InChI is InChI=1S/C34H46F3NO2SSi/c1-32(2,3)42(6,7)40-26-19-33(4,5)18-25-28(26)27(23-16-17-41-20-23)29(30(38-25)21-10-8-9-11-21)31(39)22-12-14-24(15-13-22)34(35,36)37/h12-17,20-21,26-27,31,38-39H,8-11,18-19H2,1-7H3/t26-,27?,31+/m0/s1. The second-order valence-corrected chi connectivity index (χ2v) is 20.4. The first kappa shape index (κ1) is 31.5. The number of aliphatic hydroxyl groups excluding tert-OH is 1. The quantitative estimate of drug-likeness (QED) is 0.317. The van der Waals surface area contributed by atoms with Gasteiger partial charge in [0.25, 0.3) is 0 Å². The lowest BCUT2D eigenvalue weighted by atomic mass is 9.66. The number of thiophene rings is 1. The minimum atomic E-state index is -4.42. The van der Waals surface area contributed by atoms with Gasteiger partial charge in [0.15, 0.2) is 8.32 Å². The molecule has 0 amide bonds. The molecule has 8 heteroatoms. The predicted molar refractivity (Wildman–Crippen MR) is 168 cm³/mol. The van der Waals surface area contributed by atoms with Crippen LogP contribution in [0.15, 0.2) is 63.6 Å². The number of benzene rings is 1. The van der Waals surface area contributed by atoms with Gasteiger partial charge in [-0.25, -0.2) is 0 Å². The summed E-state index contributed by atoms with van der Waals surface area (Å²) in [5.41, 5.74) is 5.27. The number of nitrogens with one attached hydrogen (secondary N) is 1. The minimum Gasteiger partial charge on any atom is -0.410 e. The molecule has 0 bridgehead atoms. The fraction of sp³-hybridized carbons (Fsp3) is 0.588. The Morgan fingerprint density at radius 2 is 1.69 bits per heavy atom. The summed E-state index contributed by atoms with van der Waals surface area (Å²) >= 11 is 1.63. The third kappa shape index (κ3) is 6.19. The van der Waals surface area contributed by atoms with E-state index in [9.17, 15) is 18.3 Å². The Kier molecular flexibility index (Phi) is 8.45. The molecular weight excluding hydrogens is 572 g/mol. The number of aliphatic hydroxyl groups is 1. The van der Waals surface area contributed by atoms with Crippen LogP contribution in [0.4, 0.5) is 13.2 Å². The molecule has 3 atom stereocenters. The highest BCUT2D eigenvalue weighted by Crippen LogP contribution is 2.55. The second kappa shape index (κ2) is 11.2. The highest BCUT2D eigenvalue weighted by atomic mass is 32.1. The average Bonchev–Trinajstić information content (AvgIpc) is 3.60. The highest BCUT2D eigenvalue weighted by Gasteiger charge is 2.49. The summed E-state index contributed by atoms with van der Waals surface area (Å²) in [7, 11) is -2.17. The molecule has 1 aliphatic heterocycles. The minimum absolute atomic E-state index is 0.0302. The predicted octanol–water partition coefficient (Wildman–Crippen LogP) is 10.1. The van der Waals surface area contributed by atoms with E-state index in [2.05, 4.69) is 69.9 Å². The van der Waals surface area contributed by atoms with E-state index in [1.165, 1.54) is 23.4 Å². The van der Waals surface area contributed by atoms with E-state index in [-0.39, 0.29) is 28.4 Å². The van der Waals surface area contributed by atoms with Gasteiger partial charge in [-0.15, -0.1) is 0 Å². The molecule has 0 saturated heterocycles. The van der Waals surface area contributed by atoms with Crippen LogP contribution in [0.25, 0.3) is 0 Å². The third-order valence-electron chi connectivity index (χ3n) is 10.0. The van der Waals surface area contributed by atoms with Gasteiger partial charge in [0.1, 0.15) is 6.10 Å². The van der Waals surface area contributed by atoms with Gasteiger partial charge in [0, 0.05) is 17.3 Å². The Morgan fingerprint density at radius 3 is 2.24 bits per heavy atom. The largest absolute Gasteiger partial charge is 0.416 e. The Bertz CT molecular complexity index is 1330. The van der Waals surface area contributed by atoms with Crippen LogP contribution in [0.1, 0.15) is 102 Å². The Labute approximate surface area is 254 Å². The molecule has 1 saturated carbocycles. The van der Waals surface area contributed by atoms with Gasteiger partial charge in [-0.3, -0.25) is 0 Å². The van der Waals surface area contributed by atoms with Crippen molar-refractivity contribution in [2.75, 3.05) is 0 Å². The van der Waals surface area contributed by atoms with Crippen molar-refractivity contribution in [1.82, 2.24) is 5.32 Å². The molecule has 42 heavy (non-hydrogen) atoms. The van der Waals surface area contributed by atoms with Crippen molar-refractivity contribution in [2.45, 2.75) is 116 Å². The van der Waals surface area contributed by atoms with Crippen molar-refractivity contribution in [2.24, 2.45) is 11.3 Å². The van der Waals surface area contributed by atoms with Gasteiger partial charge in [-0.05, 0) is 106 Å². The van der Waals surface area contributed by atoms with Crippen LogP contribution in [-0.2, 0) is 10.6 Å². The van der Waals surface area contributed by atoms with Crippen LogP contribution in [0.2, 0.25) is 18.1 Å². The molecule has 5 rings (SSSR count). The van der Waals surface area contributed by atoms with Gasteiger partial charge in [0.05, 0.1) is 11.7 Å². The number of allylic oxidation sites excluding steroid dienone is 2. The van der Waals surface area contributed by atoms with E-state index in [1.807, 2.05) is 0 Å². The zero-order valence-corrected chi connectivity index (χ0v) is 27.8. The third-order valence-corrected chi connectivity index (χ3v) is 15.2. The van der Waals surface area contributed by atoms with Crippen molar-refractivity contribution in [3.63, 3.8) is 0 Å². The topological polar surface area (TPSA) is 41.5 Å². The fourth-order valence-electron chi connectivity index (χ4n) is 6.82. The molecule has 0 radical (unpaired) electrons. The van der Waals surface area contributed by atoms with Crippen molar-refractivity contribution in [1.29, 1.82) is 0 Å². The zero-order valence-electron chi connectivity index (χ0n) is 26.0. The van der Waals surface area contributed by atoms with E-state index in [0.29, 0.717) is 5.56 Å². The molecule has 2 aliphatic carbocycles. The van der Waals surface area contributed by atoms with E-state index in [4.69, 9.17) is 4.43 Å². The molecule has 1 fully saturated rings. The number of hydrogen-bond donors (Lipinski definition) is 2. The molecule has 2 heterocycles. The average molecular weight is 618 g/mol. The molecular formula is C34H46F3NO2SSi. The number of alkyl halides is 3. The zero-order chi connectivity index (χ0) is 30.7. The van der Waals surface area contributed by atoms with Crippen molar-refractivity contribution in [3.05, 3.63) is 80.3 Å². The summed E-state index contributed by atoms with van der Waals surface area (Å²) in [4.78, 5) is 0. The maximum atomic E-state index is 13.4.